The van der Waals surface area contributed by atoms with Crippen molar-refractivity contribution in [2.75, 3.05) is 31.1 Å². The molecule has 2 aromatic rings. The van der Waals surface area contributed by atoms with Crippen LogP contribution in [0.3, 0.4) is 0 Å². The molecule has 0 N–H and O–H groups in total. The van der Waals surface area contributed by atoms with Gasteiger partial charge in [-0.25, -0.2) is 19.5 Å². The first-order valence-corrected chi connectivity index (χ1v) is 7.49. The van der Waals surface area contributed by atoms with Crippen LogP contribution in [-0.2, 0) is 5.92 Å². The number of piperazine rings is 1. The molecule has 7 heteroatoms. The van der Waals surface area contributed by atoms with E-state index in [-0.39, 0.29) is 0 Å². The molecule has 0 spiro atoms. The quantitative estimate of drug-likeness (QED) is 0.787. The molecule has 1 unspecified atom stereocenters. The molecule has 0 amide bonds. The van der Waals surface area contributed by atoms with Crippen molar-refractivity contribution < 1.29 is 4.39 Å². The maximum absolute atomic E-state index is 15.5. The van der Waals surface area contributed by atoms with Crippen LogP contribution in [0.15, 0.2) is 36.9 Å². The van der Waals surface area contributed by atoms with Crippen LogP contribution in [0.1, 0.15) is 12.8 Å². The van der Waals surface area contributed by atoms with Crippen LogP contribution in [-0.4, -0.2) is 50.8 Å². The largest absolute Gasteiger partial charge is 0.338 e. The first kappa shape index (κ1) is 14.9. The highest BCUT2D eigenvalue weighted by Gasteiger charge is 2.40. The SMILES string of the molecule is [CH2]CCC(F)(N1CCN(c2ncccn2)CC1)n1cccn1. The Morgan fingerprint density at radius 3 is 2.41 bits per heavy atom. The van der Waals surface area contributed by atoms with Crippen LogP contribution >= 0.6 is 0 Å². The molecule has 1 aliphatic heterocycles. The summed E-state index contributed by atoms with van der Waals surface area (Å²) >= 11 is 0. The van der Waals surface area contributed by atoms with Crippen molar-refractivity contribution in [3.05, 3.63) is 43.8 Å². The molecule has 0 aromatic carbocycles. The topological polar surface area (TPSA) is 50.1 Å². The lowest BCUT2D eigenvalue weighted by Gasteiger charge is -2.42. The van der Waals surface area contributed by atoms with Crippen molar-refractivity contribution in [2.45, 2.75) is 18.8 Å². The van der Waals surface area contributed by atoms with E-state index < -0.39 is 5.92 Å². The zero-order valence-corrected chi connectivity index (χ0v) is 12.5. The summed E-state index contributed by atoms with van der Waals surface area (Å²) in [7, 11) is 0. The van der Waals surface area contributed by atoms with Gasteiger partial charge >= 0.3 is 0 Å². The molecule has 1 radical (unpaired) electrons. The number of aromatic nitrogens is 4. The van der Waals surface area contributed by atoms with Gasteiger partial charge in [-0.3, -0.25) is 0 Å². The van der Waals surface area contributed by atoms with E-state index in [0.717, 1.165) is 0 Å². The molecular weight excluding hydrogens is 283 g/mol. The van der Waals surface area contributed by atoms with Gasteiger partial charge in [0.25, 0.3) is 5.92 Å². The Labute approximate surface area is 129 Å². The van der Waals surface area contributed by atoms with Gasteiger partial charge in [0.15, 0.2) is 0 Å². The molecule has 6 nitrogen and oxygen atoms in total. The third-order valence-corrected chi connectivity index (χ3v) is 3.95. The van der Waals surface area contributed by atoms with E-state index in [0.29, 0.717) is 45.0 Å². The van der Waals surface area contributed by atoms with Gasteiger partial charge in [0.05, 0.1) is 0 Å². The normalized spacial score (nSPS) is 19.1. The molecule has 1 saturated heterocycles. The summed E-state index contributed by atoms with van der Waals surface area (Å²) in [6, 6.07) is 3.53. The second kappa shape index (κ2) is 6.39. The van der Waals surface area contributed by atoms with E-state index in [1.165, 1.54) is 4.68 Å². The van der Waals surface area contributed by atoms with Crippen LogP contribution in [0, 0.1) is 6.92 Å². The zero-order chi connectivity index (χ0) is 15.4. The molecule has 22 heavy (non-hydrogen) atoms. The summed E-state index contributed by atoms with van der Waals surface area (Å²) in [5.74, 6) is -0.919. The van der Waals surface area contributed by atoms with Crippen LogP contribution in [0.5, 0.6) is 0 Å². The number of anilines is 1. The zero-order valence-electron chi connectivity index (χ0n) is 12.5. The van der Waals surface area contributed by atoms with E-state index in [9.17, 15) is 0 Å². The molecule has 0 bridgehead atoms. The Kier molecular flexibility index (Phi) is 4.33. The predicted molar refractivity (Wildman–Crippen MR) is 81.7 cm³/mol. The lowest BCUT2D eigenvalue weighted by molar-refractivity contribution is -0.123. The Balaban J connectivity index is 1.71. The molecular formula is C15H20FN6. The van der Waals surface area contributed by atoms with Gasteiger partial charge in [-0.2, -0.15) is 9.49 Å². The molecule has 3 heterocycles. The Morgan fingerprint density at radius 2 is 1.82 bits per heavy atom. The summed E-state index contributed by atoms with van der Waals surface area (Å²) in [6.45, 7) is 6.36. The fraction of sp³-hybridized carbons (Fsp3) is 0.467. The Hall–Kier alpha value is -2.02. The van der Waals surface area contributed by atoms with Crippen molar-refractivity contribution in [2.24, 2.45) is 0 Å². The molecule has 2 aromatic heterocycles. The number of rotatable bonds is 5. The third kappa shape index (κ3) is 2.81. The van der Waals surface area contributed by atoms with Gasteiger partial charge in [-0.15, -0.1) is 0 Å². The smallest absolute Gasteiger partial charge is 0.258 e. The van der Waals surface area contributed by atoms with Gasteiger partial charge < -0.3 is 4.90 Å². The second-order valence-electron chi connectivity index (χ2n) is 5.30. The molecule has 1 atom stereocenters. The summed E-state index contributed by atoms with van der Waals surface area (Å²) in [5, 5.41) is 4.09. The molecule has 3 rings (SSSR count). The lowest BCUT2D eigenvalue weighted by atomic mass is 10.2. The maximum atomic E-state index is 15.5. The number of hydrogen-bond acceptors (Lipinski definition) is 5. The lowest BCUT2D eigenvalue weighted by Crippen LogP contribution is -2.56. The van der Waals surface area contributed by atoms with Crippen molar-refractivity contribution in [3.8, 4) is 0 Å². The average Bonchev–Trinajstić information content (AvgIpc) is 3.11. The minimum Gasteiger partial charge on any atom is -0.338 e. The van der Waals surface area contributed by atoms with E-state index in [1.807, 2.05) is 4.90 Å². The van der Waals surface area contributed by atoms with Gasteiger partial charge in [0, 0.05) is 57.4 Å². The van der Waals surface area contributed by atoms with Crippen LogP contribution in [0.4, 0.5) is 10.3 Å². The van der Waals surface area contributed by atoms with Crippen LogP contribution < -0.4 is 4.90 Å². The third-order valence-electron chi connectivity index (χ3n) is 3.95. The van der Waals surface area contributed by atoms with Gasteiger partial charge in [0.1, 0.15) is 0 Å². The summed E-state index contributed by atoms with van der Waals surface area (Å²) < 4.78 is 16.9. The van der Waals surface area contributed by atoms with Crippen molar-refractivity contribution in [1.29, 1.82) is 0 Å². The van der Waals surface area contributed by atoms with Crippen LogP contribution in [0.25, 0.3) is 0 Å². The number of nitrogens with zero attached hydrogens (tertiary/aromatic N) is 6. The van der Waals surface area contributed by atoms with Crippen molar-refractivity contribution >= 4 is 5.95 Å². The Morgan fingerprint density at radius 1 is 1.09 bits per heavy atom. The van der Waals surface area contributed by atoms with Gasteiger partial charge in [0.2, 0.25) is 5.95 Å². The fourth-order valence-corrected chi connectivity index (χ4v) is 2.82. The minimum atomic E-state index is -1.62. The average molecular weight is 303 g/mol. The monoisotopic (exact) mass is 303 g/mol. The predicted octanol–water partition coefficient (Wildman–Crippen LogP) is 1.69. The Bertz CT molecular complexity index is 567. The van der Waals surface area contributed by atoms with Crippen molar-refractivity contribution in [3.63, 3.8) is 0 Å². The summed E-state index contributed by atoms with van der Waals surface area (Å²) in [5.41, 5.74) is 0. The number of alkyl halides is 1. The van der Waals surface area contributed by atoms with E-state index >= 15 is 4.39 Å². The molecule has 1 fully saturated rings. The first-order chi connectivity index (χ1) is 10.7. The summed E-state index contributed by atoms with van der Waals surface area (Å²) in [4.78, 5) is 12.4. The number of hydrogen-bond donors (Lipinski definition) is 0. The fourth-order valence-electron chi connectivity index (χ4n) is 2.82. The van der Waals surface area contributed by atoms with E-state index in [4.69, 9.17) is 0 Å². The number of halogens is 1. The van der Waals surface area contributed by atoms with Crippen LogP contribution in [0.2, 0.25) is 0 Å². The standard InChI is InChI=1S/C15H20FN6/c1-2-5-15(16,22-9-4-8-19-22)21-12-10-20(11-13-21)14-17-6-3-7-18-14/h3-4,6-9H,1-2,5,10-13H2. The highest BCUT2D eigenvalue weighted by Crippen LogP contribution is 2.30. The minimum absolute atomic E-state index is 0.316. The molecule has 117 valence electrons. The highest BCUT2D eigenvalue weighted by molar-refractivity contribution is 5.29. The highest BCUT2D eigenvalue weighted by atomic mass is 19.2. The van der Waals surface area contributed by atoms with Crippen molar-refractivity contribution in [1.82, 2.24) is 24.6 Å². The summed E-state index contributed by atoms with van der Waals surface area (Å²) in [6.07, 6.45) is 7.55. The molecule has 1 aliphatic rings. The van der Waals surface area contributed by atoms with Gasteiger partial charge in [-0.05, 0) is 18.6 Å². The maximum Gasteiger partial charge on any atom is 0.258 e. The second-order valence-corrected chi connectivity index (χ2v) is 5.30. The first-order valence-electron chi connectivity index (χ1n) is 7.49. The molecule has 0 saturated carbocycles. The van der Waals surface area contributed by atoms with E-state index in [1.54, 1.807) is 36.9 Å². The van der Waals surface area contributed by atoms with Gasteiger partial charge in [-0.1, -0.05) is 6.92 Å². The molecule has 0 aliphatic carbocycles. The van der Waals surface area contributed by atoms with E-state index in [2.05, 4.69) is 26.9 Å².